The first-order chi connectivity index (χ1) is 10.4. The molecule has 122 valence electrons. The fourth-order valence-corrected chi connectivity index (χ4v) is 4.71. The number of sulfonamides is 1. The fraction of sp³-hybridized carbons (Fsp3) is 0.643. The molecule has 1 aliphatic heterocycles. The van der Waals surface area contributed by atoms with Crippen LogP contribution in [0.15, 0.2) is 16.3 Å². The van der Waals surface area contributed by atoms with Gasteiger partial charge < -0.3 is 5.32 Å². The van der Waals surface area contributed by atoms with Gasteiger partial charge in [0.25, 0.3) is 0 Å². The van der Waals surface area contributed by atoms with Gasteiger partial charge in [-0.1, -0.05) is 0 Å². The minimum Gasteiger partial charge on any atom is -0.350 e. The number of carbonyl (C=O) groups excluding carboxylic acids is 1. The second-order valence-electron chi connectivity index (χ2n) is 6.01. The summed E-state index contributed by atoms with van der Waals surface area (Å²) in [5.41, 5.74) is 0. The maximum Gasteiger partial charge on any atom is 0.247 e. The van der Waals surface area contributed by atoms with Gasteiger partial charge in [-0.05, 0) is 56.8 Å². The molecular weight excluding hydrogens is 322 g/mol. The summed E-state index contributed by atoms with van der Waals surface area (Å²) in [4.78, 5) is 15.6. The van der Waals surface area contributed by atoms with Gasteiger partial charge in [0.1, 0.15) is 4.21 Å². The largest absolute Gasteiger partial charge is 0.350 e. The Balaban J connectivity index is 1.60. The number of nitrogens with zero attached hydrogens (tertiary/aromatic N) is 1. The van der Waals surface area contributed by atoms with E-state index in [1.165, 1.54) is 18.9 Å². The molecule has 2 heterocycles. The Kier molecular flexibility index (Phi) is 4.54. The second kappa shape index (κ2) is 6.27. The van der Waals surface area contributed by atoms with Crippen LogP contribution < -0.4 is 10.5 Å². The van der Waals surface area contributed by atoms with Crippen molar-refractivity contribution < 1.29 is 13.2 Å². The van der Waals surface area contributed by atoms with E-state index in [0.717, 1.165) is 42.1 Å². The Bertz CT molecular complexity index is 646. The molecule has 3 N–H and O–H groups in total. The van der Waals surface area contributed by atoms with Crippen LogP contribution in [0.3, 0.4) is 0 Å². The van der Waals surface area contributed by atoms with Crippen LogP contribution in [0.4, 0.5) is 0 Å². The van der Waals surface area contributed by atoms with Crippen molar-refractivity contribution in [2.75, 3.05) is 13.1 Å². The molecule has 3 rings (SSSR count). The maximum atomic E-state index is 12.5. The van der Waals surface area contributed by atoms with E-state index in [-0.39, 0.29) is 16.2 Å². The summed E-state index contributed by atoms with van der Waals surface area (Å²) in [5.74, 6) is 0.552. The van der Waals surface area contributed by atoms with Crippen LogP contribution in [0.1, 0.15) is 30.6 Å². The molecule has 0 aromatic carbocycles. The normalized spacial score (nSPS) is 21.0. The molecule has 1 atom stereocenters. The third kappa shape index (κ3) is 3.68. The van der Waals surface area contributed by atoms with Crippen molar-refractivity contribution in [1.29, 1.82) is 0 Å². The van der Waals surface area contributed by atoms with E-state index in [1.54, 1.807) is 6.07 Å². The zero-order valence-corrected chi connectivity index (χ0v) is 14.0. The van der Waals surface area contributed by atoms with Crippen LogP contribution in [0.2, 0.25) is 0 Å². The Hall–Kier alpha value is -0.960. The smallest absolute Gasteiger partial charge is 0.247 e. The molecular formula is C14H21N3O3S2. The molecule has 0 bridgehead atoms. The quantitative estimate of drug-likeness (QED) is 0.802. The van der Waals surface area contributed by atoms with Gasteiger partial charge in [-0.15, -0.1) is 11.3 Å². The highest BCUT2D eigenvalue weighted by Gasteiger charge is 2.40. The van der Waals surface area contributed by atoms with Crippen molar-refractivity contribution in [2.24, 2.45) is 11.1 Å². The van der Waals surface area contributed by atoms with E-state index >= 15 is 0 Å². The van der Waals surface area contributed by atoms with Gasteiger partial charge >= 0.3 is 0 Å². The molecule has 1 aliphatic carbocycles. The Morgan fingerprint density at radius 1 is 1.36 bits per heavy atom. The molecule has 2 fully saturated rings. The van der Waals surface area contributed by atoms with Gasteiger partial charge in [0.05, 0.1) is 12.6 Å². The maximum absolute atomic E-state index is 12.5. The number of rotatable bonds is 6. The summed E-state index contributed by atoms with van der Waals surface area (Å²) in [7, 11) is -3.66. The van der Waals surface area contributed by atoms with Crippen LogP contribution in [0.5, 0.6) is 0 Å². The van der Waals surface area contributed by atoms with Gasteiger partial charge in [0.15, 0.2) is 0 Å². The molecule has 1 unspecified atom stereocenters. The zero-order chi connectivity index (χ0) is 15.7. The van der Waals surface area contributed by atoms with Gasteiger partial charge in [-0.2, -0.15) is 0 Å². The summed E-state index contributed by atoms with van der Waals surface area (Å²) in [5, 5.41) is 8.05. The number of nitrogens with two attached hydrogens (primary N) is 1. The lowest BCUT2D eigenvalue weighted by molar-refractivity contribution is -0.127. The van der Waals surface area contributed by atoms with E-state index in [2.05, 4.69) is 10.2 Å². The Labute approximate surface area is 134 Å². The van der Waals surface area contributed by atoms with Crippen LogP contribution in [0, 0.1) is 5.92 Å². The standard InChI is InChI=1S/C14H21N3O3S2/c15-22(19,20)12-6-5-11(21-12)9-16-14(18)13(10-3-4-10)17-7-1-2-8-17/h5-6,10,13H,1-4,7-9H2,(H,16,18)(H2,15,19,20). The van der Waals surface area contributed by atoms with Gasteiger partial charge in [0.2, 0.25) is 15.9 Å². The van der Waals surface area contributed by atoms with E-state index in [9.17, 15) is 13.2 Å². The first kappa shape index (κ1) is 15.9. The predicted octanol–water partition coefficient (Wildman–Crippen LogP) is 0.886. The highest BCUT2D eigenvalue weighted by atomic mass is 32.2. The summed E-state index contributed by atoms with van der Waals surface area (Å²) in [6.07, 6.45) is 4.59. The lowest BCUT2D eigenvalue weighted by Gasteiger charge is -2.26. The number of thiophene rings is 1. The predicted molar refractivity (Wildman–Crippen MR) is 84.9 cm³/mol. The van der Waals surface area contributed by atoms with E-state index < -0.39 is 10.0 Å². The molecule has 1 amide bonds. The molecule has 1 saturated carbocycles. The number of primary sulfonamides is 1. The van der Waals surface area contributed by atoms with Crippen LogP contribution in [0.25, 0.3) is 0 Å². The van der Waals surface area contributed by atoms with E-state index in [1.807, 2.05) is 0 Å². The highest BCUT2D eigenvalue weighted by Crippen LogP contribution is 2.36. The van der Waals surface area contributed by atoms with Crippen molar-refractivity contribution in [3.8, 4) is 0 Å². The van der Waals surface area contributed by atoms with Crippen molar-refractivity contribution in [3.63, 3.8) is 0 Å². The fourth-order valence-electron chi connectivity index (χ4n) is 2.99. The molecule has 22 heavy (non-hydrogen) atoms. The van der Waals surface area contributed by atoms with Crippen molar-refractivity contribution in [1.82, 2.24) is 10.2 Å². The lowest BCUT2D eigenvalue weighted by Crippen LogP contribution is -2.46. The lowest BCUT2D eigenvalue weighted by atomic mass is 10.1. The molecule has 1 aromatic heterocycles. The highest BCUT2D eigenvalue weighted by molar-refractivity contribution is 7.91. The molecule has 8 heteroatoms. The molecule has 0 radical (unpaired) electrons. The number of hydrogen-bond donors (Lipinski definition) is 2. The van der Waals surface area contributed by atoms with E-state index in [4.69, 9.17) is 5.14 Å². The number of carbonyl (C=O) groups is 1. The Morgan fingerprint density at radius 3 is 2.59 bits per heavy atom. The average molecular weight is 343 g/mol. The number of nitrogens with one attached hydrogen (secondary N) is 1. The van der Waals surface area contributed by atoms with Crippen molar-refractivity contribution >= 4 is 27.3 Å². The monoisotopic (exact) mass is 343 g/mol. The molecule has 0 spiro atoms. The number of hydrogen-bond acceptors (Lipinski definition) is 5. The Morgan fingerprint density at radius 2 is 2.05 bits per heavy atom. The average Bonchev–Trinajstić information content (AvgIpc) is 2.94. The minimum absolute atomic E-state index is 0.0137. The summed E-state index contributed by atoms with van der Waals surface area (Å²) < 4.78 is 22.7. The first-order valence-corrected chi connectivity index (χ1v) is 9.95. The number of amides is 1. The summed E-state index contributed by atoms with van der Waals surface area (Å²) >= 11 is 1.11. The van der Waals surface area contributed by atoms with Gasteiger partial charge in [-0.25, -0.2) is 13.6 Å². The zero-order valence-electron chi connectivity index (χ0n) is 12.3. The third-order valence-corrected chi connectivity index (χ3v) is 6.75. The van der Waals surface area contributed by atoms with Crippen LogP contribution >= 0.6 is 11.3 Å². The van der Waals surface area contributed by atoms with Crippen LogP contribution in [-0.4, -0.2) is 38.4 Å². The van der Waals surface area contributed by atoms with Crippen molar-refractivity contribution in [3.05, 3.63) is 17.0 Å². The summed E-state index contributed by atoms with van der Waals surface area (Å²) in [6.45, 7) is 2.36. The molecule has 1 aromatic rings. The summed E-state index contributed by atoms with van der Waals surface area (Å²) in [6, 6.07) is 3.17. The van der Waals surface area contributed by atoms with Crippen LogP contribution in [-0.2, 0) is 21.4 Å². The second-order valence-corrected chi connectivity index (χ2v) is 8.97. The first-order valence-electron chi connectivity index (χ1n) is 7.58. The molecule has 1 saturated heterocycles. The van der Waals surface area contributed by atoms with Crippen molar-refractivity contribution in [2.45, 2.75) is 42.5 Å². The number of likely N-dealkylation sites (tertiary alicyclic amines) is 1. The van der Waals surface area contributed by atoms with Gasteiger partial charge in [-0.3, -0.25) is 9.69 Å². The topological polar surface area (TPSA) is 92.5 Å². The third-order valence-electron chi connectivity index (χ3n) is 4.23. The molecule has 2 aliphatic rings. The van der Waals surface area contributed by atoms with E-state index in [0.29, 0.717) is 12.5 Å². The SMILES string of the molecule is NS(=O)(=O)c1ccc(CNC(=O)C(C2CC2)N2CCCC2)s1. The molecule has 6 nitrogen and oxygen atoms in total. The minimum atomic E-state index is -3.66. The van der Waals surface area contributed by atoms with Gasteiger partial charge in [0, 0.05) is 4.88 Å².